The van der Waals surface area contributed by atoms with Gasteiger partial charge in [-0.1, -0.05) is 17.7 Å². The van der Waals surface area contributed by atoms with Gasteiger partial charge < -0.3 is 20.1 Å². The highest BCUT2D eigenvalue weighted by atomic mass is 35.5. The maximum absolute atomic E-state index is 13.1. The number of amides is 2. The number of carbonyl (C=O) groups is 2. The van der Waals surface area contributed by atoms with Crippen LogP contribution in [-0.4, -0.2) is 53.2 Å². The molecule has 38 heavy (non-hydrogen) atoms. The molecule has 1 aliphatic carbocycles. The average Bonchev–Trinajstić information content (AvgIpc) is 3.22. The topological polar surface area (TPSA) is 78.9 Å². The van der Waals surface area contributed by atoms with E-state index in [4.69, 9.17) is 16.3 Å². The predicted molar refractivity (Wildman–Crippen MR) is 137 cm³/mol. The third-order valence-corrected chi connectivity index (χ3v) is 7.80. The van der Waals surface area contributed by atoms with Gasteiger partial charge in [-0.25, -0.2) is 0 Å². The fourth-order valence-corrected chi connectivity index (χ4v) is 5.39. The lowest BCUT2D eigenvalue weighted by atomic mass is 9.83. The summed E-state index contributed by atoms with van der Waals surface area (Å²) in [6.45, 7) is 2.88. The smallest absolute Gasteiger partial charge is 0.416 e. The summed E-state index contributed by atoms with van der Waals surface area (Å²) >= 11 is 6.48. The molecule has 0 spiro atoms. The number of ether oxygens (including phenoxy) is 1. The van der Waals surface area contributed by atoms with E-state index < -0.39 is 23.2 Å². The highest BCUT2D eigenvalue weighted by Crippen LogP contribution is 2.35. The van der Waals surface area contributed by atoms with Crippen molar-refractivity contribution in [1.82, 2.24) is 10.2 Å². The van der Waals surface area contributed by atoms with Crippen LogP contribution in [0.25, 0.3) is 0 Å². The first-order valence-corrected chi connectivity index (χ1v) is 13.2. The standard InChI is InChI=1S/C28H32ClF3N2O4/c1-27(37)11-8-22(9-12-27)34-14-10-20(26(34)36)16-19-4-7-23(17-24(19)29)38-15-13-33-25(35)18-2-5-21(6-3-18)28(30,31)32/h2-7,17,20,22,37H,8-16H2,1H3,(H,33,35). The molecule has 0 radical (unpaired) electrons. The summed E-state index contributed by atoms with van der Waals surface area (Å²) in [4.78, 5) is 27.2. The fourth-order valence-electron chi connectivity index (χ4n) is 5.15. The van der Waals surface area contributed by atoms with Crippen LogP contribution in [-0.2, 0) is 17.4 Å². The monoisotopic (exact) mass is 552 g/mol. The van der Waals surface area contributed by atoms with Crippen LogP contribution in [0.15, 0.2) is 42.5 Å². The van der Waals surface area contributed by atoms with Gasteiger partial charge in [-0.3, -0.25) is 9.59 Å². The number of benzene rings is 2. The third kappa shape index (κ3) is 6.99. The number of hydrogen-bond donors (Lipinski definition) is 2. The van der Waals surface area contributed by atoms with Crippen molar-refractivity contribution < 1.29 is 32.6 Å². The number of likely N-dealkylation sites (tertiary alicyclic amines) is 1. The van der Waals surface area contributed by atoms with Gasteiger partial charge in [0.15, 0.2) is 0 Å². The molecule has 2 N–H and O–H groups in total. The van der Waals surface area contributed by atoms with Gasteiger partial charge in [0.2, 0.25) is 5.91 Å². The SMILES string of the molecule is CC1(O)CCC(N2CCC(Cc3ccc(OCCNC(=O)c4ccc(C(F)(F)F)cc4)cc3Cl)C2=O)CC1. The first-order valence-electron chi connectivity index (χ1n) is 12.8. The van der Waals surface area contributed by atoms with Crippen LogP contribution in [0, 0.1) is 5.92 Å². The van der Waals surface area contributed by atoms with Crippen molar-refractivity contribution in [3.63, 3.8) is 0 Å². The van der Waals surface area contributed by atoms with E-state index in [9.17, 15) is 27.9 Å². The number of carbonyl (C=O) groups excluding carboxylic acids is 2. The van der Waals surface area contributed by atoms with Crippen molar-refractivity contribution in [2.75, 3.05) is 19.7 Å². The van der Waals surface area contributed by atoms with Crippen LogP contribution in [0.1, 0.15) is 60.5 Å². The zero-order valence-electron chi connectivity index (χ0n) is 21.2. The molecule has 2 aliphatic rings. The van der Waals surface area contributed by atoms with E-state index >= 15 is 0 Å². The molecular formula is C28H32ClF3N2O4. The molecule has 206 valence electrons. The van der Waals surface area contributed by atoms with E-state index in [0.29, 0.717) is 30.0 Å². The Hall–Kier alpha value is -2.78. The molecule has 0 aromatic heterocycles. The van der Waals surface area contributed by atoms with Gasteiger partial charge in [0.1, 0.15) is 12.4 Å². The number of hydrogen-bond acceptors (Lipinski definition) is 4. The van der Waals surface area contributed by atoms with Crippen molar-refractivity contribution in [2.24, 2.45) is 5.92 Å². The van der Waals surface area contributed by atoms with Crippen molar-refractivity contribution in [2.45, 2.75) is 63.3 Å². The molecule has 1 heterocycles. The Balaban J connectivity index is 1.22. The fraction of sp³-hybridized carbons (Fsp3) is 0.500. The highest BCUT2D eigenvalue weighted by molar-refractivity contribution is 6.31. The predicted octanol–water partition coefficient (Wildman–Crippen LogP) is 5.25. The lowest BCUT2D eigenvalue weighted by molar-refractivity contribution is -0.137. The van der Waals surface area contributed by atoms with E-state index in [1.54, 1.807) is 12.1 Å². The summed E-state index contributed by atoms with van der Waals surface area (Å²) in [5, 5.41) is 13.3. The summed E-state index contributed by atoms with van der Waals surface area (Å²) in [5.74, 6) is 0.0413. The van der Waals surface area contributed by atoms with Gasteiger partial charge in [-0.15, -0.1) is 0 Å². The molecule has 6 nitrogen and oxygen atoms in total. The van der Waals surface area contributed by atoms with E-state index in [0.717, 1.165) is 55.6 Å². The first kappa shape index (κ1) is 28.2. The second kappa shape index (κ2) is 11.5. The van der Waals surface area contributed by atoms with Crippen LogP contribution in [0.5, 0.6) is 5.75 Å². The first-order chi connectivity index (χ1) is 17.9. The Morgan fingerprint density at radius 1 is 1.16 bits per heavy atom. The molecule has 2 aromatic carbocycles. The zero-order valence-corrected chi connectivity index (χ0v) is 21.9. The van der Waals surface area contributed by atoms with Crippen molar-refractivity contribution in [3.8, 4) is 5.75 Å². The largest absolute Gasteiger partial charge is 0.492 e. The summed E-state index contributed by atoms with van der Waals surface area (Å²) in [6, 6.07) is 9.47. The summed E-state index contributed by atoms with van der Waals surface area (Å²) in [7, 11) is 0. The minimum Gasteiger partial charge on any atom is -0.492 e. The van der Waals surface area contributed by atoms with Gasteiger partial charge in [-0.05, 0) is 87.4 Å². The Kier molecular flexibility index (Phi) is 8.57. The molecule has 1 aliphatic heterocycles. The van der Waals surface area contributed by atoms with Gasteiger partial charge in [-0.2, -0.15) is 13.2 Å². The lowest BCUT2D eigenvalue weighted by Crippen LogP contribution is -2.43. The number of halogens is 4. The van der Waals surface area contributed by atoms with Gasteiger partial charge in [0, 0.05) is 29.1 Å². The quantitative estimate of drug-likeness (QED) is 0.438. The average molecular weight is 553 g/mol. The molecule has 1 saturated heterocycles. The van der Waals surface area contributed by atoms with Crippen LogP contribution in [0.3, 0.4) is 0 Å². The van der Waals surface area contributed by atoms with E-state index in [2.05, 4.69) is 5.32 Å². The van der Waals surface area contributed by atoms with Crippen LogP contribution < -0.4 is 10.1 Å². The maximum atomic E-state index is 13.1. The highest BCUT2D eigenvalue weighted by Gasteiger charge is 2.39. The van der Waals surface area contributed by atoms with Crippen LogP contribution in [0.4, 0.5) is 13.2 Å². The number of nitrogens with one attached hydrogen (secondary N) is 1. The summed E-state index contributed by atoms with van der Waals surface area (Å²) < 4.78 is 43.6. The van der Waals surface area contributed by atoms with Crippen LogP contribution in [0.2, 0.25) is 5.02 Å². The summed E-state index contributed by atoms with van der Waals surface area (Å²) in [6.07, 6.45) is -0.0744. The Bertz CT molecular complexity index is 1140. The molecular weight excluding hydrogens is 521 g/mol. The molecule has 2 aromatic rings. The van der Waals surface area contributed by atoms with Crippen LogP contribution >= 0.6 is 11.6 Å². The van der Waals surface area contributed by atoms with Gasteiger partial charge >= 0.3 is 6.18 Å². The number of rotatable bonds is 8. The number of alkyl halides is 3. The van der Waals surface area contributed by atoms with Crippen molar-refractivity contribution >= 4 is 23.4 Å². The van der Waals surface area contributed by atoms with E-state index in [-0.39, 0.29) is 36.6 Å². The molecule has 0 bridgehead atoms. The second-order valence-corrected chi connectivity index (χ2v) is 10.8. The molecule has 2 amide bonds. The van der Waals surface area contributed by atoms with E-state index in [1.807, 2.05) is 17.9 Å². The zero-order chi connectivity index (χ0) is 27.5. The maximum Gasteiger partial charge on any atom is 0.416 e. The molecule has 1 atom stereocenters. The molecule has 1 unspecified atom stereocenters. The number of aliphatic hydroxyl groups is 1. The Labute approximate surface area is 225 Å². The Morgan fingerprint density at radius 2 is 1.84 bits per heavy atom. The molecule has 4 rings (SSSR count). The minimum atomic E-state index is -4.45. The Morgan fingerprint density at radius 3 is 2.47 bits per heavy atom. The normalized spacial score (nSPS) is 23.9. The minimum absolute atomic E-state index is 0.123. The molecule has 10 heteroatoms. The van der Waals surface area contributed by atoms with Gasteiger partial charge in [0.25, 0.3) is 5.91 Å². The summed E-state index contributed by atoms with van der Waals surface area (Å²) in [5.41, 5.74) is -0.456. The van der Waals surface area contributed by atoms with Gasteiger partial charge in [0.05, 0.1) is 17.7 Å². The third-order valence-electron chi connectivity index (χ3n) is 7.45. The number of nitrogens with zero attached hydrogens (tertiary/aromatic N) is 1. The van der Waals surface area contributed by atoms with E-state index in [1.165, 1.54) is 0 Å². The van der Waals surface area contributed by atoms with Crippen molar-refractivity contribution in [3.05, 3.63) is 64.2 Å². The second-order valence-electron chi connectivity index (χ2n) is 10.4. The van der Waals surface area contributed by atoms with Crippen molar-refractivity contribution in [1.29, 1.82) is 0 Å². The molecule has 1 saturated carbocycles. The molecule has 2 fully saturated rings. The lowest BCUT2D eigenvalue weighted by Gasteiger charge is -2.37.